The number of nitrogens with zero attached hydrogens (tertiary/aromatic N) is 2. The molecule has 5 nitrogen and oxygen atoms in total. The number of rotatable bonds is 4. The summed E-state index contributed by atoms with van der Waals surface area (Å²) in [6, 6.07) is 12.8. The van der Waals surface area contributed by atoms with Crippen molar-refractivity contribution >= 4 is 38.3 Å². The second kappa shape index (κ2) is 6.48. The van der Waals surface area contributed by atoms with Gasteiger partial charge in [0.25, 0.3) is 10.0 Å². The minimum absolute atomic E-state index is 0.306. The van der Waals surface area contributed by atoms with Gasteiger partial charge in [0.1, 0.15) is 0 Å². The van der Waals surface area contributed by atoms with Crippen molar-refractivity contribution in [1.29, 1.82) is 0 Å². The van der Waals surface area contributed by atoms with Crippen molar-refractivity contribution in [2.45, 2.75) is 18.7 Å². The number of nitrogens with one attached hydrogen (secondary N) is 1. The first-order valence-corrected chi connectivity index (χ1v) is 10.7. The normalized spacial score (nSPS) is 16.3. The zero-order valence-corrected chi connectivity index (χ0v) is 16.2. The average molecular weight is 386 g/mol. The molecule has 0 saturated heterocycles. The molecule has 0 spiro atoms. The van der Waals surface area contributed by atoms with Gasteiger partial charge in [0, 0.05) is 17.6 Å². The smallest absolute Gasteiger partial charge is 0.262 e. The average Bonchev–Trinajstić information content (AvgIpc) is 3.18. The van der Waals surface area contributed by atoms with Crippen LogP contribution in [0.5, 0.6) is 0 Å². The number of anilines is 1. The predicted octanol–water partition coefficient (Wildman–Crippen LogP) is 3.82. The topological polar surface area (TPSA) is 61.8 Å². The lowest BCUT2D eigenvalue weighted by Crippen LogP contribution is -2.19. The van der Waals surface area contributed by atoms with Gasteiger partial charge in [-0.1, -0.05) is 41.6 Å². The van der Waals surface area contributed by atoms with E-state index in [1.165, 1.54) is 0 Å². The Morgan fingerprint density at radius 2 is 1.88 bits per heavy atom. The molecule has 0 amide bonds. The van der Waals surface area contributed by atoms with E-state index in [-0.39, 0.29) is 0 Å². The first-order chi connectivity index (χ1) is 12.4. The van der Waals surface area contributed by atoms with Crippen molar-refractivity contribution in [1.82, 2.24) is 4.90 Å². The van der Waals surface area contributed by atoms with Crippen molar-refractivity contribution in [3.63, 3.8) is 0 Å². The van der Waals surface area contributed by atoms with Crippen LogP contribution in [0.3, 0.4) is 0 Å². The van der Waals surface area contributed by atoms with Crippen molar-refractivity contribution in [2.75, 3.05) is 17.8 Å². The van der Waals surface area contributed by atoms with E-state index in [0.29, 0.717) is 10.6 Å². The number of benzene rings is 2. The van der Waals surface area contributed by atoms with Gasteiger partial charge in [0.2, 0.25) is 0 Å². The van der Waals surface area contributed by atoms with Gasteiger partial charge >= 0.3 is 0 Å². The summed E-state index contributed by atoms with van der Waals surface area (Å²) in [5, 5.41) is 3.13. The summed E-state index contributed by atoms with van der Waals surface area (Å²) in [6.45, 7) is 5.48. The fourth-order valence-corrected chi connectivity index (χ4v) is 5.42. The minimum Gasteiger partial charge on any atom is -0.318 e. The van der Waals surface area contributed by atoms with Crippen molar-refractivity contribution in [3.05, 3.63) is 64.6 Å². The molecule has 0 atom stereocenters. The Labute approximate surface area is 157 Å². The van der Waals surface area contributed by atoms with Crippen molar-refractivity contribution in [2.24, 2.45) is 4.99 Å². The Morgan fingerprint density at radius 1 is 1.12 bits per heavy atom. The summed E-state index contributed by atoms with van der Waals surface area (Å²) in [6.07, 6.45) is 0. The Morgan fingerprint density at radius 3 is 2.62 bits per heavy atom. The van der Waals surface area contributed by atoms with Crippen LogP contribution in [-0.4, -0.2) is 31.6 Å². The molecule has 26 heavy (non-hydrogen) atoms. The van der Waals surface area contributed by atoms with Gasteiger partial charge in [-0.05, 0) is 43.2 Å². The summed E-state index contributed by atoms with van der Waals surface area (Å²) in [4.78, 5) is 6.95. The van der Waals surface area contributed by atoms with Gasteiger partial charge in [-0.2, -0.15) is 0 Å². The standard InChI is InChI=1S/C19H19N3O2S2/c1-13-3-8-18(14(2)11-13)26(23,24)21-16-6-4-15(5-7-16)17-12-25-19-20-9-10-22(17)19/h3-8,11-12,21H,9-10H2,1-2H3. The highest BCUT2D eigenvalue weighted by Crippen LogP contribution is 2.35. The van der Waals surface area contributed by atoms with Gasteiger partial charge in [0.05, 0.1) is 17.1 Å². The Bertz CT molecular complexity index is 1030. The molecule has 0 radical (unpaired) electrons. The van der Waals surface area contributed by atoms with Gasteiger partial charge < -0.3 is 4.90 Å². The Balaban J connectivity index is 1.55. The monoisotopic (exact) mass is 385 g/mol. The lowest BCUT2D eigenvalue weighted by molar-refractivity contribution is 0.600. The van der Waals surface area contributed by atoms with E-state index in [4.69, 9.17) is 0 Å². The third kappa shape index (κ3) is 3.12. The van der Waals surface area contributed by atoms with Gasteiger partial charge in [-0.3, -0.25) is 9.71 Å². The lowest BCUT2D eigenvalue weighted by Gasteiger charge is -2.17. The number of aryl methyl sites for hydroxylation is 2. The summed E-state index contributed by atoms with van der Waals surface area (Å²) in [7, 11) is -3.61. The number of thioether (sulfide) groups is 1. The van der Waals surface area contributed by atoms with Gasteiger partial charge in [-0.25, -0.2) is 8.42 Å². The highest BCUT2D eigenvalue weighted by atomic mass is 32.2. The maximum atomic E-state index is 12.7. The second-order valence-electron chi connectivity index (χ2n) is 6.39. The van der Waals surface area contributed by atoms with Crippen LogP contribution in [0.4, 0.5) is 5.69 Å². The fourth-order valence-electron chi connectivity index (χ4n) is 3.17. The van der Waals surface area contributed by atoms with Crippen molar-refractivity contribution < 1.29 is 8.42 Å². The summed E-state index contributed by atoms with van der Waals surface area (Å²) in [5.74, 6) is 0. The molecule has 1 N–H and O–H groups in total. The van der Waals surface area contributed by atoms with Crippen molar-refractivity contribution in [3.8, 4) is 0 Å². The van der Waals surface area contributed by atoms with E-state index >= 15 is 0 Å². The molecule has 2 aromatic rings. The summed E-state index contributed by atoms with van der Waals surface area (Å²) in [5.41, 5.74) is 4.51. The molecule has 4 rings (SSSR count). The molecule has 134 valence electrons. The first kappa shape index (κ1) is 17.2. The van der Waals surface area contributed by atoms with E-state index in [1.807, 2.05) is 38.1 Å². The Hall–Kier alpha value is -2.25. The van der Waals surface area contributed by atoms with E-state index in [0.717, 1.165) is 40.6 Å². The van der Waals surface area contributed by atoms with Crippen LogP contribution >= 0.6 is 11.8 Å². The molecule has 7 heteroatoms. The van der Waals surface area contributed by atoms with E-state index < -0.39 is 10.0 Å². The second-order valence-corrected chi connectivity index (χ2v) is 8.88. The zero-order chi connectivity index (χ0) is 18.3. The molecular formula is C19H19N3O2S2. The van der Waals surface area contributed by atoms with Crippen LogP contribution in [0.1, 0.15) is 16.7 Å². The van der Waals surface area contributed by atoms with Crippen LogP contribution in [0.15, 0.2) is 57.8 Å². The van der Waals surface area contributed by atoms with E-state index in [9.17, 15) is 8.42 Å². The molecule has 0 bridgehead atoms. The van der Waals surface area contributed by atoms with Crippen LogP contribution in [-0.2, 0) is 10.0 Å². The van der Waals surface area contributed by atoms with Crippen LogP contribution < -0.4 is 4.72 Å². The molecule has 0 fully saturated rings. The third-order valence-corrected chi connectivity index (χ3v) is 6.86. The molecule has 0 aromatic heterocycles. The predicted molar refractivity (Wildman–Crippen MR) is 108 cm³/mol. The number of hydrogen-bond donors (Lipinski definition) is 1. The third-order valence-electron chi connectivity index (χ3n) is 4.42. The van der Waals surface area contributed by atoms with E-state index in [2.05, 4.69) is 20.0 Å². The number of aliphatic imine (C=N–C) groups is 1. The van der Waals surface area contributed by atoms with Gasteiger partial charge in [-0.15, -0.1) is 0 Å². The van der Waals surface area contributed by atoms with Crippen LogP contribution in [0, 0.1) is 13.8 Å². The number of hydrogen-bond acceptors (Lipinski definition) is 5. The molecule has 0 aliphatic carbocycles. The molecule has 2 heterocycles. The fraction of sp³-hybridized carbons (Fsp3) is 0.211. The number of fused-ring (bicyclic) bond motifs is 1. The lowest BCUT2D eigenvalue weighted by atomic mass is 10.1. The maximum absolute atomic E-state index is 12.7. The number of sulfonamides is 1. The highest BCUT2D eigenvalue weighted by molar-refractivity contribution is 8.16. The first-order valence-electron chi connectivity index (χ1n) is 8.33. The summed E-state index contributed by atoms with van der Waals surface area (Å²) >= 11 is 1.63. The molecule has 2 aliphatic heterocycles. The molecule has 2 aliphatic rings. The van der Waals surface area contributed by atoms with E-state index in [1.54, 1.807) is 30.0 Å². The van der Waals surface area contributed by atoms with Crippen LogP contribution in [0.25, 0.3) is 5.70 Å². The largest absolute Gasteiger partial charge is 0.318 e. The zero-order valence-electron chi connectivity index (χ0n) is 14.6. The molecular weight excluding hydrogens is 366 g/mol. The minimum atomic E-state index is -3.61. The van der Waals surface area contributed by atoms with Gasteiger partial charge in [0.15, 0.2) is 5.17 Å². The highest BCUT2D eigenvalue weighted by Gasteiger charge is 2.27. The molecule has 2 aromatic carbocycles. The SMILES string of the molecule is Cc1ccc(S(=O)(=O)Nc2ccc(C3=CSC4=NCCN34)cc2)c(C)c1. The summed E-state index contributed by atoms with van der Waals surface area (Å²) < 4.78 is 28.0. The maximum Gasteiger partial charge on any atom is 0.262 e. The molecule has 0 unspecified atom stereocenters. The van der Waals surface area contributed by atoms with Crippen LogP contribution in [0.2, 0.25) is 0 Å². The Kier molecular flexibility index (Phi) is 4.28. The molecule has 0 saturated carbocycles. The quantitative estimate of drug-likeness (QED) is 0.869. The number of amidine groups is 1.